The zero-order chi connectivity index (χ0) is 14.3. The normalized spacial score (nSPS) is 23.3. The molecule has 1 amide bonds. The summed E-state index contributed by atoms with van der Waals surface area (Å²) in [4.78, 5) is 14.7. The van der Waals surface area contributed by atoms with E-state index in [9.17, 15) is 4.79 Å². The van der Waals surface area contributed by atoms with Gasteiger partial charge in [-0.05, 0) is 24.0 Å². The number of carbonyl (C=O) groups is 1. The van der Waals surface area contributed by atoms with Crippen molar-refractivity contribution < 1.29 is 4.79 Å². The van der Waals surface area contributed by atoms with Gasteiger partial charge in [0.2, 0.25) is 5.91 Å². The molecule has 2 saturated heterocycles. The maximum Gasteiger partial charge on any atom is 0.224 e. The van der Waals surface area contributed by atoms with Crippen molar-refractivity contribution >= 4 is 5.91 Å². The summed E-state index contributed by atoms with van der Waals surface area (Å²) < 4.78 is 0. The van der Waals surface area contributed by atoms with Crippen LogP contribution < -0.4 is 0 Å². The lowest BCUT2D eigenvalue weighted by molar-refractivity contribution is -0.127. The monoisotopic (exact) mass is 277 g/mol. The molecular formula is C19H19NO. The predicted octanol–water partition coefficient (Wildman–Crippen LogP) is 3.37. The highest BCUT2D eigenvalue weighted by Gasteiger charge is 2.54. The van der Waals surface area contributed by atoms with E-state index in [2.05, 4.69) is 53.4 Å². The van der Waals surface area contributed by atoms with Crippen LogP contribution in [0.5, 0.6) is 0 Å². The summed E-state index contributed by atoms with van der Waals surface area (Å²) in [5, 5.41) is 0. The Kier molecular flexibility index (Phi) is 2.85. The molecule has 2 aromatic carbocycles. The van der Waals surface area contributed by atoms with Crippen LogP contribution in [0.15, 0.2) is 60.7 Å². The third kappa shape index (κ3) is 1.75. The summed E-state index contributed by atoms with van der Waals surface area (Å²) in [6.45, 7) is 0.922. The minimum Gasteiger partial charge on any atom is -0.338 e. The smallest absolute Gasteiger partial charge is 0.224 e. The standard InChI is InChI=1S/C19H19NO/c21-18-14-19(15-8-3-1-4-9-15,16-10-5-2-6-11-16)17-12-7-13-20(17)18/h1-6,8-11,17H,7,12-14H2/t17-/m0/s1. The second-order valence-corrected chi connectivity index (χ2v) is 6.13. The van der Waals surface area contributed by atoms with Crippen molar-refractivity contribution in [1.82, 2.24) is 4.90 Å². The molecule has 2 aliphatic rings. The van der Waals surface area contributed by atoms with Gasteiger partial charge in [-0.25, -0.2) is 0 Å². The van der Waals surface area contributed by atoms with Gasteiger partial charge in [0, 0.05) is 24.4 Å². The Morgan fingerprint density at radius 1 is 0.905 bits per heavy atom. The molecule has 106 valence electrons. The van der Waals surface area contributed by atoms with Gasteiger partial charge >= 0.3 is 0 Å². The first-order valence-electron chi connectivity index (χ1n) is 7.73. The van der Waals surface area contributed by atoms with Crippen LogP contribution in [-0.2, 0) is 10.2 Å². The first-order chi connectivity index (χ1) is 10.3. The van der Waals surface area contributed by atoms with Crippen LogP contribution in [0.3, 0.4) is 0 Å². The average Bonchev–Trinajstić information content (AvgIpc) is 3.13. The van der Waals surface area contributed by atoms with Crippen molar-refractivity contribution in [3.8, 4) is 0 Å². The molecule has 0 N–H and O–H groups in total. The minimum atomic E-state index is -0.171. The molecule has 2 aliphatic heterocycles. The van der Waals surface area contributed by atoms with Crippen molar-refractivity contribution in [2.45, 2.75) is 30.7 Å². The SMILES string of the molecule is O=C1CC(c2ccccc2)(c2ccccc2)[C@@H]2CCCN12. The fourth-order valence-electron chi connectivity index (χ4n) is 4.26. The topological polar surface area (TPSA) is 20.3 Å². The summed E-state index contributed by atoms with van der Waals surface area (Å²) in [6, 6.07) is 21.5. The van der Waals surface area contributed by atoms with Crippen molar-refractivity contribution in [2.75, 3.05) is 6.54 Å². The van der Waals surface area contributed by atoms with Gasteiger partial charge in [0.05, 0.1) is 0 Å². The number of hydrogen-bond donors (Lipinski definition) is 0. The van der Waals surface area contributed by atoms with Crippen molar-refractivity contribution in [2.24, 2.45) is 0 Å². The fourth-order valence-corrected chi connectivity index (χ4v) is 4.26. The Bertz CT molecular complexity index is 610. The lowest BCUT2D eigenvalue weighted by Crippen LogP contribution is -2.40. The highest BCUT2D eigenvalue weighted by Crippen LogP contribution is 2.49. The summed E-state index contributed by atoms with van der Waals surface area (Å²) in [6.07, 6.45) is 2.83. The molecule has 2 nitrogen and oxygen atoms in total. The van der Waals surface area contributed by atoms with Crippen LogP contribution >= 0.6 is 0 Å². The molecular weight excluding hydrogens is 258 g/mol. The van der Waals surface area contributed by atoms with Gasteiger partial charge in [0.25, 0.3) is 0 Å². The van der Waals surface area contributed by atoms with E-state index in [-0.39, 0.29) is 5.41 Å². The highest BCUT2D eigenvalue weighted by atomic mass is 16.2. The quantitative estimate of drug-likeness (QED) is 0.824. The van der Waals surface area contributed by atoms with Crippen molar-refractivity contribution in [3.05, 3.63) is 71.8 Å². The summed E-state index contributed by atoms with van der Waals surface area (Å²) in [5.74, 6) is 0.310. The molecule has 0 spiro atoms. The van der Waals surface area contributed by atoms with Crippen LogP contribution in [0.4, 0.5) is 0 Å². The first-order valence-corrected chi connectivity index (χ1v) is 7.73. The van der Waals surface area contributed by atoms with Gasteiger partial charge in [-0.2, -0.15) is 0 Å². The third-order valence-corrected chi connectivity index (χ3v) is 5.15. The van der Waals surface area contributed by atoms with E-state index in [0.29, 0.717) is 18.4 Å². The second-order valence-electron chi connectivity index (χ2n) is 6.13. The zero-order valence-electron chi connectivity index (χ0n) is 12.0. The van der Waals surface area contributed by atoms with Crippen LogP contribution in [-0.4, -0.2) is 23.4 Å². The van der Waals surface area contributed by atoms with Gasteiger partial charge in [-0.1, -0.05) is 60.7 Å². The van der Waals surface area contributed by atoms with Gasteiger partial charge in [-0.3, -0.25) is 4.79 Å². The van der Waals surface area contributed by atoms with Gasteiger partial charge < -0.3 is 4.90 Å². The molecule has 4 rings (SSSR count). The predicted molar refractivity (Wildman–Crippen MR) is 83.0 cm³/mol. The minimum absolute atomic E-state index is 0.171. The molecule has 0 unspecified atom stereocenters. The van der Waals surface area contributed by atoms with Crippen molar-refractivity contribution in [1.29, 1.82) is 0 Å². The van der Waals surface area contributed by atoms with E-state index >= 15 is 0 Å². The van der Waals surface area contributed by atoms with E-state index in [1.165, 1.54) is 11.1 Å². The molecule has 2 heterocycles. The Labute approximate surface area is 125 Å². The Balaban J connectivity index is 1.94. The zero-order valence-corrected chi connectivity index (χ0v) is 12.0. The Morgan fingerprint density at radius 3 is 2.05 bits per heavy atom. The summed E-state index contributed by atoms with van der Waals surface area (Å²) in [5.41, 5.74) is 2.38. The largest absolute Gasteiger partial charge is 0.338 e. The molecule has 0 saturated carbocycles. The number of benzene rings is 2. The lowest BCUT2D eigenvalue weighted by atomic mass is 9.68. The average molecular weight is 277 g/mol. The Morgan fingerprint density at radius 2 is 1.48 bits per heavy atom. The first kappa shape index (κ1) is 12.6. The molecule has 0 aliphatic carbocycles. The second kappa shape index (κ2) is 4.73. The van der Waals surface area contributed by atoms with Gasteiger partial charge in [-0.15, -0.1) is 0 Å². The molecule has 2 aromatic rings. The number of nitrogens with zero attached hydrogens (tertiary/aromatic N) is 1. The molecule has 1 atom stereocenters. The number of carbonyl (C=O) groups excluding carboxylic acids is 1. The molecule has 21 heavy (non-hydrogen) atoms. The van der Waals surface area contributed by atoms with Crippen molar-refractivity contribution in [3.63, 3.8) is 0 Å². The molecule has 0 radical (unpaired) electrons. The number of rotatable bonds is 2. The number of fused-ring (bicyclic) bond motifs is 1. The molecule has 0 aromatic heterocycles. The third-order valence-electron chi connectivity index (χ3n) is 5.15. The van der Waals surface area contributed by atoms with Crippen LogP contribution in [0.2, 0.25) is 0 Å². The highest BCUT2D eigenvalue weighted by molar-refractivity contribution is 5.83. The maximum atomic E-state index is 12.5. The van der Waals surface area contributed by atoms with Crippen LogP contribution in [0, 0.1) is 0 Å². The lowest BCUT2D eigenvalue weighted by Gasteiger charge is -2.35. The molecule has 0 bridgehead atoms. The summed E-state index contributed by atoms with van der Waals surface area (Å²) >= 11 is 0. The maximum absolute atomic E-state index is 12.5. The van der Waals surface area contributed by atoms with Gasteiger partial charge in [0.1, 0.15) is 0 Å². The van der Waals surface area contributed by atoms with E-state index < -0.39 is 0 Å². The van der Waals surface area contributed by atoms with E-state index in [0.717, 1.165) is 19.4 Å². The number of hydrogen-bond acceptors (Lipinski definition) is 1. The van der Waals surface area contributed by atoms with Crippen LogP contribution in [0.25, 0.3) is 0 Å². The van der Waals surface area contributed by atoms with E-state index in [4.69, 9.17) is 0 Å². The fraction of sp³-hybridized carbons (Fsp3) is 0.316. The van der Waals surface area contributed by atoms with E-state index in [1.807, 2.05) is 12.1 Å². The molecule has 2 heteroatoms. The number of amides is 1. The van der Waals surface area contributed by atoms with Crippen LogP contribution in [0.1, 0.15) is 30.4 Å². The van der Waals surface area contributed by atoms with Gasteiger partial charge in [0.15, 0.2) is 0 Å². The molecule has 2 fully saturated rings. The Hall–Kier alpha value is -2.09. The van der Waals surface area contributed by atoms with E-state index in [1.54, 1.807) is 0 Å². The summed E-state index contributed by atoms with van der Waals surface area (Å²) in [7, 11) is 0.